The lowest BCUT2D eigenvalue weighted by Gasteiger charge is -2.18. The molecule has 124 valence electrons. The maximum Gasteiger partial charge on any atom is 0.319 e. The Kier molecular flexibility index (Phi) is 4.78. The molecule has 0 fully saturated rings. The number of amides is 3. The van der Waals surface area contributed by atoms with Gasteiger partial charge in [-0.2, -0.15) is 0 Å². The Labute approximate surface area is 148 Å². The third-order valence-corrected chi connectivity index (χ3v) is 3.91. The minimum Gasteiger partial charge on any atom is -0.482 e. The second-order valence-corrected chi connectivity index (χ2v) is 5.93. The Morgan fingerprint density at radius 3 is 2.83 bits per heavy atom. The van der Waals surface area contributed by atoms with E-state index in [2.05, 4.69) is 16.0 Å². The molecule has 1 aliphatic rings. The van der Waals surface area contributed by atoms with Gasteiger partial charge in [0.15, 0.2) is 6.61 Å². The Balaban J connectivity index is 1.60. The van der Waals surface area contributed by atoms with E-state index in [9.17, 15) is 9.59 Å². The normalized spacial score (nSPS) is 12.7. The van der Waals surface area contributed by atoms with Gasteiger partial charge in [0.2, 0.25) is 0 Å². The second-order valence-electron chi connectivity index (χ2n) is 5.09. The number of urea groups is 1. The quantitative estimate of drug-likeness (QED) is 0.776. The van der Waals surface area contributed by atoms with Crippen LogP contribution in [0.3, 0.4) is 0 Å². The Hall–Kier alpha value is -2.44. The maximum atomic E-state index is 12.0. The van der Waals surface area contributed by atoms with Gasteiger partial charge in [-0.25, -0.2) is 4.79 Å². The minimum atomic E-state index is -0.388. The molecule has 3 rings (SSSR count). The van der Waals surface area contributed by atoms with E-state index in [1.165, 1.54) is 0 Å². The van der Waals surface area contributed by atoms with E-state index in [4.69, 9.17) is 27.9 Å². The fraction of sp³-hybridized carbons (Fsp3) is 0.125. The van der Waals surface area contributed by atoms with Crippen molar-refractivity contribution in [1.82, 2.24) is 5.32 Å². The third-order valence-electron chi connectivity index (χ3n) is 3.33. The molecule has 8 heteroatoms. The van der Waals surface area contributed by atoms with Crippen molar-refractivity contribution >= 4 is 46.5 Å². The summed E-state index contributed by atoms with van der Waals surface area (Å²) in [4.78, 5) is 23.2. The number of ether oxygens (including phenoxy) is 1. The fourth-order valence-corrected chi connectivity index (χ4v) is 2.64. The van der Waals surface area contributed by atoms with Gasteiger partial charge < -0.3 is 20.7 Å². The number of nitrogens with one attached hydrogen (secondary N) is 3. The number of hydrogen-bond donors (Lipinski definition) is 3. The molecule has 2 aromatic rings. The van der Waals surface area contributed by atoms with Crippen LogP contribution in [0.15, 0.2) is 36.4 Å². The van der Waals surface area contributed by atoms with E-state index in [1.807, 2.05) is 0 Å². The van der Waals surface area contributed by atoms with E-state index in [-0.39, 0.29) is 25.1 Å². The standard InChI is InChI=1S/C16H13Cl2N3O3/c17-10-2-1-9(12(18)5-10)7-19-16(23)20-11-3-4-13-14(6-11)24-8-15(22)21-13/h1-6H,7-8H2,(H,21,22)(H2,19,20,23). The van der Waals surface area contributed by atoms with Gasteiger partial charge in [-0.1, -0.05) is 29.3 Å². The predicted molar refractivity (Wildman–Crippen MR) is 92.9 cm³/mol. The van der Waals surface area contributed by atoms with Crippen LogP contribution in [0.5, 0.6) is 5.75 Å². The number of halogens is 2. The van der Waals surface area contributed by atoms with Gasteiger partial charge in [0.1, 0.15) is 5.75 Å². The van der Waals surface area contributed by atoms with Crippen molar-refractivity contribution < 1.29 is 14.3 Å². The topological polar surface area (TPSA) is 79.5 Å². The molecule has 0 saturated heterocycles. The van der Waals surface area contributed by atoms with Gasteiger partial charge in [-0.15, -0.1) is 0 Å². The molecular formula is C16H13Cl2N3O3. The Bertz CT molecular complexity index is 811. The lowest BCUT2D eigenvalue weighted by Crippen LogP contribution is -2.29. The highest BCUT2D eigenvalue weighted by molar-refractivity contribution is 6.35. The van der Waals surface area contributed by atoms with Crippen LogP contribution in [0, 0.1) is 0 Å². The van der Waals surface area contributed by atoms with Crippen LogP contribution in [0.1, 0.15) is 5.56 Å². The monoisotopic (exact) mass is 365 g/mol. The fourth-order valence-electron chi connectivity index (χ4n) is 2.17. The van der Waals surface area contributed by atoms with Gasteiger partial charge in [0, 0.05) is 28.3 Å². The molecule has 0 bridgehead atoms. The number of rotatable bonds is 3. The first-order valence-corrected chi connectivity index (χ1v) is 7.82. The number of carbonyl (C=O) groups excluding carboxylic acids is 2. The molecule has 0 atom stereocenters. The summed E-state index contributed by atoms with van der Waals surface area (Å²) < 4.78 is 5.30. The van der Waals surface area contributed by atoms with Crippen molar-refractivity contribution in [2.75, 3.05) is 17.2 Å². The van der Waals surface area contributed by atoms with Crippen LogP contribution in [0.4, 0.5) is 16.2 Å². The van der Waals surface area contributed by atoms with E-state index in [1.54, 1.807) is 36.4 Å². The van der Waals surface area contributed by atoms with Crippen LogP contribution >= 0.6 is 23.2 Å². The van der Waals surface area contributed by atoms with Crippen molar-refractivity contribution in [2.24, 2.45) is 0 Å². The van der Waals surface area contributed by atoms with Crippen molar-refractivity contribution in [3.8, 4) is 5.75 Å². The average Bonchev–Trinajstić information content (AvgIpc) is 2.54. The van der Waals surface area contributed by atoms with Gasteiger partial charge >= 0.3 is 6.03 Å². The smallest absolute Gasteiger partial charge is 0.319 e. The zero-order valence-electron chi connectivity index (χ0n) is 12.4. The summed E-state index contributed by atoms with van der Waals surface area (Å²) in [5.74, 6) is 0.300. The van der Waals surface area contributed by atoms with Gasteiger partial charge in [0.25, 0.3) is 5.91 Å². The average molecular weight is 366 g/mol. The SMILES string of the molecule is O=C1COc2cc(NC(=O)NCc3ccc(Cl)cc3Cl)ccc2N1. The zero-order chi connectivity index (χ0) is 17.1. The summed E-state index contributed by atoms with van der Waals surface area (Å²) in [6, 6.07) is 9.66. The lowest BCUT2D eigenvalue weighted by atomic mass is 10.2. The molecular weight excluding hydrogens is 353 g/mol. The number of anilines is 2. The van der Waals surface area contributed by atoms with Gasteiger partial charge in [-0.3, -0.25) is 4.79 Å². The van der Waals surface area contributed by atoms with E-state index in [0.717, 1.165) is 5.56 Å². The van der Waals surface area contributed by atoms with Crippen molar-refractivity contribution in [2.45, 2.75) is 6.54 Å². The zero-order valence-corrected chi connectivity index (χ0v) is 13.9. The van der Waals surface area contributed by atoms with E-state index >= 15 is 0 Å². The number of benzene rings is 2. The summed E-state index contributed by atoms with van der Waals surface area (Å²) in [5.41, 5.74) is 1.88. The predicted octanol–water partition coefficient (Wildman–Crippen LogP) is 3.65. The lowest BCUT2D eigenvalue weighted by molar-refractivity contribution is -0.118. The van der Waals surface area contributed by atoms with Crippen LogP contribution in [0.2, 0.25) is 10.0 Å². The Morgan fingerprint density at radius 2 is 2.04 bits per heavy atom. The highest BCUT2D eigenvalue weighted by atomic mass is 35.5. The van der Waals surface area contributed by atoms with Crippen LogP contribution in [-0.2, 0) is 11.3 Å². The highest BCUT2D eigenvalue weighted by Crippen LogP contribution is 2.30. The Morgan fingerprint density at radius 1 is 1.21 bits per heavy atom. The summed E-state index contributed by atoms with van der Waals surface area (Å²) >= 11 is 11.9. The molecule has 3 amide bonds. The van der Waals surface area contributed by atoms with E-state index in [0.29, 0.717) is 27.2 Å². The molecule has 0 spiro atoms. The van der Waals surface area contributed by atoms with Crippen LogP contribution < -0.4 is 20.7 Å². The molecule has 2 aromatic carbocycles. The minimum absolute atomic E-state index is 0.0439. The van der Waals surface area contributed by atoms with Gasteiger partial charge in [-0.05, 0) is 29.8 Å². The number of hydrogen-bond acceptors (Lipinski definition) is 3. The molecule has 0 unspecified atom stereocenters. The van der Waals surface area contributed by atoms with E-state index < -0.39 is 0 Å². The first kappa shape index (κ1) is 16.4. The summed E-state index contributed by atoms with van der Waals surface area (Å²) in [6.45, 7) is 0.219. The van der Waals surface area contributed by atoms with Crippen LogP contribution in [-0.4, -0.2) is 18.5 Å². The highest BCUT2D eigenvalue weighted by Gasteiger charge is 2.16. The first-order valence-electron chi connectivity index (χ1n) is 7.07. The molecule has 6 nitrogen and oxygen atoms in total. The second kappa shape index (κ2) is 6.98. The molecule has 1 aliphatic heterocycles. The molecule has 0 aromatic heterocycles. The molecule has 0 radical (unpaired) electrons. The number of fused-ring (bicyclic) bond motifs is 1. The first-order chi connectivity index (χ1) is 11.5. The number of carbonyl (C=O) groups is 2. The van der Waals surface area contributed by atoms with Crippen molar-refractivity contribution in [3.63, 3.8) is 0 Å². The van der Waals surface area contributed by atoms with Gasteiger partial charge in [0.05, 0.1) is 5.69 Å². The van der Waals surface area contributed by atoms with Crippen LogP contribution in [0.25, 0.3) is 0 Å². The largest absolute Gasteiger partial charge is 0.482 e. The molecule has 3 N–H and O–H groups in total. The summed E-state index contributed by atoms with van der Waals surface area (Å²) in [5, 5.41) is 9.10. The maximum absolute atomic E-state index is 12.0. The summed E-state index contributed by atoms with van der Waals surface area (Å²) in [7, 11) is 0. The molecule has 0 saturated carbocycles. The van der Waals surface area contributed by atoms with Crippen molar-refractivity contribution in [3.05, 3.63) is 52.0 Å². The molecule has 0 aliphatic carbocycles. The summed E-state index contributed by atoms with van der Waals surface area (Å²) in [6.07, 6.45) is 0. The third kappa shape index (κ3) is 3.90. The van der Waals surface area contributed by atoms with Crippen molar-refractivity contribution in [1.29, 1.82) is 0 Å². The molecule has 24 heavy (non-hydrogen) atoms. The molecule has 1 heterocycles.